The van der Waals surface area contributed by atoms with Crippen molar-refractivity contribution in [1.82, 2.24) is 14.9 Å². The Balaban J connectivity index is 1.77. The minimum absolute atomic E-state index is 0.0774. The van der Waals surface area contributed by atoms with E-state index in [0.717, 1.165) is 19.4 Å². The molecule has 0 radical (unpaired) electrons. The molecule has 1 atom stereocenters. The molecule has 2 aromatic rings. The van der Waals surface area contributed by atoms with Crippen LogP contribution in [-0.4, -0.2) is 46.6 Å². The molecule has 24 heavy (non-hydrogen) atoms. The van der Waals surface area contributed by atoms with E-state index in [-0.39, 0.29) is 12.0 Å². The Morgan fingerprint density at radius 2 is 2.21 bits per heavy atom. The number of nitrogens with zero attached hydrogens (tertiary/aromatic N) is 3. The third-order valence-corrected chi connectivity index (χ3v) is 3.92. The minimum Gasteiger partial charge on any atom is -0.437 e. The van der Waals surface area contributed by atoms with Crippen LogP contribution in [0.1, 0.15) is 30.1 Å². The average molecular weight is 327 g/mol. The summed E-state index contributed by atoms with van der Waals surface area (Å²) in [6.07, 6.45) is 6.90. The largest absolute Gasteiger partial charge is 0.437 e. The van der Waals surface area contributed by atoms with Crippen molar-refractivity contribution in [2.45, 2.75) is 25.9 Å². The fourth-order valence-electron chi connectivity index (χ4n) is 2.82. The van der Waals surface area contributed by atoms with Crippen LogP contribution in [0.3, 0.4) is 0 Å². The van der Waals surface area contributed by atoms with Gasteiger partial charge in [-0.15, -0.1) is 0 Å². The highest BCUT2D eigenvalue weighted by molar-refractivity contribution is 5.96. The first-order valence-electron chi connectivity index (χ1n) is 8.21. The van der Waals surface area contributed by atoms with Crippen LogP contribution in [-0.2, 0) is 4.74 Å². The Morgan fingerprint density at radius 3 is 3.00 bits per heavy atom. The van der Waals surface area contributed by atoms with Crippen LogP contribution in [0.25, 0.3) is 0 Å². The maximum absolute atomic E-state index is 12.9. The van der Waals surface area contributed by atoms with E-state index in [1.807, 2.05) is 11.8 Å². The topological polar surface area (TPSA) is 64.5 Å². The first kappa shape index (κ1) is 16.4. The van der Waals surface area contributed by atoms with Gasteiger partial charge in [0.15, 0.2) is 0 Å². The van der Waals surface area contributed by atoms with E-state index in [0.29, 0.717) is 30.3 Å². The van der Waals surface area contributed by atoms with Crippen LogP contribution in [0.15, 0.2) is 42.9 Å². The number of pyridine rings is 2. The van der Waals surface area contributed by atoms with E-state index in [2.05, 4.69) is 9.97 Å². The Kier molecular flexibility index (Phi) is 5.38. The molecule has 6 heteroatoms. The summed E-state index contributed by atoms with van der Waals surface area (Å²) in [5.74, 6) is 0.775. The van der Waals surface area contributed by atoms with Gasteiger partial charge in [-0.2, -0.15) is 0 Å². The van der Waals surface area contributed by atoms with Gasteiger partial charge in [-0.05, 0) is 44.0 Å². The molecule has 3 rings (SSSR count). The second-order valence-electron chi connectivity index (χ2n) is 5.62. The zero-order valence-corrected chi connectivity index (χ0v) is 13.7. The highest BCUT2D eigenvalue weighted by atomic mass is 16.5. The summed E-state index contributed by atoms with van der Waals surface area (Å²) in [4.78, 5) is 22.9. The van der Waals surface area contributed by atoms with E-state index in [9.17, 15) is 4.79 Å². The van der Waals surface area contributed by atoms with Gasteiger partial charge in [-0.3, -0.25) is 9.78 Å². The van der Waals surface area contributed by atoms with Crippen molar-refractivity contribution in [2.75, 3.05) is 19.7 Å². The third kappa shape index (κ3) is 3.89. The maximum atomic E-state index is 12.9. The molecule has 1 unspecified atom stereocenters. The lowest BCUT2D eigenvalue weighted by Gasteiger charge is -2.32. The number of hydrogen-bond acceptors (Lipinski definition) is 5. The van der Waals surface area contributed by atoms with Crippen LogP contribution >= 0.6 is 0 Å². The number of hydrogen-bond donors (Lipinski definition) is 0. The summed E-state index contributed by atoms with van der Waals surface area (Å²) in [5, 5.41) is 0. The average Bonchev–Trinajstić information content (AvgIpc) is 2.63. The van der Waals surface area contributed by atoms with Gasteiger partial charge < -0.3 is 14.4 Å². The highest BCUT2D eigenvalue weighted by Gasteiger charge is 2.27. The van der Waals surface area contributed by atoms with E-state index < -0.39 is 0 Å². The minimum atomic E-state index is -0.0774. The number of carbonyl (C=O) groups excluding carboxylic acids is 1. The van der Waals surface area contributed by atoms with E-state index in [4.69, 9.17) is 9.47 Å². The van der Waals surface area contributed by atoms with Crippen LogP contribution in [0, 0.1) is 0 Å². The van der Waals surface area contributed by atoms with Crippen molar-refractivity contribution in [3.63, 3.8) is 0 Å². The molecule has 0 N–H and O–H groups in total. The molecule has 1 aliphatic rings. The number of piperidine rings is 1. The van der Waals surface area contributed by atoms with E-state index >= 15 is 0 Å². The zero-order chi connectivity index (χ0) is 16.8. The number of amides is 1. The van der Waals surface area contributed by atoms with E-state index in [1.54, 1.807) is 42.9 Å². The molecule has 3 heterocycles. The smallest absolute Gasteiger partial charge is 0.259 e. The molecule has 0 saturated carbocycles. The summed E-state index contributed by atoms with van der Waals surface area (Å²) >= 11 is 0. The molecular weight excluding hydrogens is 306 g/mol. The summed E-state index contributed by atoms with van der Waals surface area (Å²) in [6, 6.07) is 7.04. The van der Waals surface area contributed by atoms with Crippen molar-refractivity contribution in [3.05, 3.63) is 48.4 Å². The van der Waals surface area contributed by atoms with Crippen molar-refractivity contribution >= 4 is 5.91 Å². The lowest BCUT2D eigenvalue weighted by molar-refractivity contribution is 0.00713. The molecule has 0 bridgehead atoms. The predicted molar refractivity (Wildman–Crippen MR) is 89.1 cm³/mol. The molecule has 2 aromatic heterocycles. The van der Waals surface area contributed by atoms with Crippen LogP contribution in [0.5, 0.6) is 11.6 Å². The van der Waals surface area contributed by atoms with Gasteiger partial charge in [0.1, 0.15) is 11.3 Å². The number of aromatic nitrogens is 2. The monoisotopic (exact) mass is 327 g/mol. The number of rotatable bonds is 5. The first-order chi connectivity index (χ1) is 11.8. The lowest BCUT2D eigenvalue weighted by Crippen LogP contribution is -2.43. The van der Waals surface area contributed by atoms with E-state index in [1.165, 1.54) is 0 Å². The highest BCUT2D eigenvalue weighted by Crippen LogP contribution is 2.24. The molecule has 0 aromatic carbocycles. The second kappa shape index (κ2) is 7.88. The molecule has 0 spiro atoms. The quantitative estimate of drug-likeness (QED) is 0.845. The van der Waals surface area contributed by atoms with Crippen molar-refractivity contribution in [2.24, 2.45) is 0 Å². The molecule has 6 nitrogen and oxygen atoms in total. The van der Waals surface area contributed by atoms with Gasteiger partial charge in [-0.25, -0.2) is 4.98 Å². The SMILES string of the molecule is CCOC1CCCN(C(=O)c2cccnc2Oc2cccnc2)C1. The van der Waals surface area contributed by atoms with Gasteiger partial charge in [0.05, 0.1) is 12.3 Å². The molecule has 1 saturated heterocycles. The molecule has 126 valence electrons. The maximum Gasteiger partial charge on any atom is 0.259 e. The van der Waals surface area contributed by atoms with Gasteiger partial charge in [0, 0.05) is 32.1 Å². The Morgan fingerprint density at radius 1 is 1.33 bits per heavy atom. The summed E-state index contributed by atoms with van der Waals surface area (Å²) in [6.45, 7) is 3.97. The fraction of sp³-hybridized carbons (Fsp3) is 0.389. The lowest BCUT2D eigenvalue weighted by atomic mass is 10.1. The summed E-state index contributed by atoms with van der Waals surface area (Å²) < 4.78 is 11.4. The number of likely N-dealkylation sites (tertiary alicyclic amines) is 1. The van der Waals surface area contributed by atoms with Gasteiger partial charge in [-0.1, -0.05) is 0 Å². The zero-order valence-electron chi connectivity index (χ0n) is 13.7. The fourth-order valence-corrected chi connectivity index (χ4v) is 2.82. The standard InChI is InChI=1S/C18H21N3O3/c1-2-23-15-7-5-11-21(13-15)18(22)16-8-4-10-20-17(16)24-14-6-3-9-19-12-14/h3-4,6,8-10,12,15H,2,5,7,11,13H2,1H3. The third-order valence-electron chi connectivity index (χ3n) is 3.92. The first-order valence-corrected chi connectivity index (χ1v) is 8.21. The van der Waals surface area contributed by atoms with Crippen LogP contribution in [0.4, 0.5) is 0 Å². The van der Waals surface area contributed by atoms with Crippen LogP contribution < -0.4 is 4.74 Å². The molecule has 1 aliphatic heterocycles. The predicted octanol–water partition coefficient (Wildman–Crippen LogP) is 2.91. The second-order valence-corrected chi connectivity index (χ2v) is 5.62. The molecule has 1 fully saturated rings. The van der Waals surface area contributed by atoms with Crippen molar-refractivity contribution in [3.8, 4) is 11.6 Å². The Labute approximate surface area is 141 Å². The summed E-state index contributed by atoms with van der Waals surface area (Å²) in [5.41, 5.74) is 0.457. The van der Waals surface area contributed by atoms with Crippen molar-refractivity contribution in [1.29, 1.82) is 0 Å². The number of carbonyl (C=O) groups is 1. The molecular formula is C18H21N3O3. The van der Waals surface area contributed by atoms with Crippen molar-refractivity contribution < 1.29 is 14.3 Å². The normalized spacial score (nSPS) is 17.5. The van der Waals surface area contributed by atoms with Gasteiger partial charge in [0.2, 0.25) is 5.88 Å². The van der Waals surface area contributed by atoms with Crippen LogP contribution in [0.2, 0.25) is 0 Å². The molecule has 0 aliphatic carbocycles. The van der Waals surface area contributed by atoms with Gasteiger partial charge in [0.25, 0.3) is 5.91 Å². The Hall–Kier alpha value is -2.47. The van der Waals surface area contributed by atoms with Gasteiger partial charge >= 0.3 is 0 Å². The summed E-state index contributed by atoms with van der Waals surface area (Å²) in [7, 11) is 0. The Bertz CT molecular complexity index is 676. The molecule has 1 amide bonds. The number of ether oxygens (including phenoxy) is 2.